The van der Waals surface area contributed by atoms with E-state index < -0.39 is 7.60 Å². The number of nitrogens with one attached hydrogen (secondary N) is 2. The second-order valence-corrected chi connectivity index (χ2v) is 16.4. The number of para-hydroxylation sites is 1. The summed E-state index contributed by atoms with van der Waals surface area (Å²) in [5, 5.41) is 6.07. The standard InChI is InChI=1S/C37H44N3O6PS2/c1-28(29-15-19-32(20-16-29)37(43)39-23-9-3-4-10-25-46-47(2,44)45)49-48-26-24-38-35(41)21-22-36(42)40-27-33-13-6-5-11-30(33)17-18-31-12-7-8-14-34(31)40/h5-8,11-16,19-20,28H,3-4,9-10,21-27H2,1-2H3,(H,38,41)(H,39,43)(H,44,45). The van der Waals surface area contributed by atoms with E-state index in [-0.39, 0.29) is 42.4 Å². The maximum absolute atomic E-state index is 13.4. The molecule has 1 aliphatic heterocycles. The number of anilines is 1. The van der Waals surface area contributed by atoms with Crippen LogP contribution >= 0.6 is 29.2 Å². The quantitative estimate of drug-likeness (QED) is 0.0551. The first-order valence-corrected chi connectivity index (χ1v) is 20.9. The molecule has 1 heterocycles. The summed E-state index contributed by atoms with van der Waals surface area (Å²) in [5.41, 5.74) is 5.15. The molecule has 49 heavy (non-hydrogen) atoms. The summed E-state index contributed by atoms with van der Waals surface area (Å²) in [4.78, 5) is 49.3. The molecule has 0 fully saturated rings. The van der Waals surface area contributed by atoms with Gasteiger partial charge < -0.3 is 25.0 Å². The summed E-state index contributed by atoms with van der Waals surface area (Å²) in [6.07, 6.45) is 3.53. The van der Waals surface area contributed by atoms with Crippen LogP contribution in [-0.2, 0) is 25.2 Å². The summed E-state index contributed by atoms with van der Waals surface area (Å²) < 4.78 is 16.0. The molecule has 3 aromatic carbocycles. The Bertz CT molecular complexity index is 1690. The van der Waals surface area contributed by atoms with E-state index in [0.29, 0.717) is 31.6 Å². The highest BCUT2D eigenvalue weighted by Crippen LogP contribution is 2.37. The van der Waals surface area contributed by atoms with Crippen LogP contribution in [-0.4, -0.2) is 54.7 Å². The van der Waals surface area contributed by atoms with Gasteiger partial charge in [-0.25, -0.2) is 0 Å². The van der Waals surface area contributed by atoms with Crippen LogP contribution in [0.2, 0.25) is 0 Å². The fraction of sp³-hybridized carbons (Fsp3) is 0.378. The van der Waals surface area contributed by atoms with E-state index in [9.17, 15) is 18.9 Å². The van der Waals surface area contributed by atoms with E-state index in [2.05, 4.69) is 29.4 Å². The molecule has 4 rings (SSSR count). The van der Waals surface area contributed by atoms with E-state index >= 15 is 0 Å². The molecule has 0 aliphatic carbocycles. The lowest BCUT2D eigenvalue weighted by Gasteiger charge is -2.26. The summed E-state index contributed by atoms with van der Waals surface area (Å²) in [7, 11) is -0.0322. The number of unbranched alkanes of at least 4 members (excludes halogenated alkanes) is 3. The third kappa shape index (κ3) is 13.0. The number of rotatable bonds is 18. The first-order chi connectivity index (χ1) is 23.6. The average Bonchev–Trinajstić information content (AvgIpc) is 3.08. The van der Waals surface area contributed by atoms with Gasteiger partial charge in [-0.05, 0) is 61.2 Å². The van der Waals surface area contributed by atoms with Crippen LogP contribution < -0.4 is 15.5 Å². The molecule has 3 aromatic rings. The van der Waals surface area contributed by atoms with E-state index in [1.54, 1.807) is 26.5 Å². The fourth-order valence-electron chi connectivity index (χ4n) is 5.11. The van der Waals surface area contributed by atoms with Crippen molar-refractivity contribution in [1.82, 2.24) is 10.6 Å². The zero-order chi connectivity index (χ0) is 35.1. The van der Waals surface area contributed by atoms with Gasteiger partial charge >= 0.3 is 7.60 Å². The number of nitrogens with zero attached hydrogens (tertiary/aromatic N) is 1. The highest BCUT2D eigenvalue weighted by atomic mass is 33.1. The lowest BCUT2D eigenvalue weighted by atomic mass is 10.0. The number of hydrogen-bond acceptors (Lipinski definition) is 7. The van der Waals surface area contributed by atoms with Gasteiger partial charge in [0.15, 0.2) is 0 Å². The summed E-state index contributed by atoms with van der Waals surface area (Å²) in [6, 6.07) is 23.0. The average molecular weight is 722 g/mol. The Hall–Kier alpha value is -3.52. The lowest BCUT2D eigenvalue weighted by Crippen LogP contribution is -2.33. The summed E-state index contributed by atoms with van der Waals surface area (Å²) >= 11 is 0. The molecule has 2 unspecified atom stereocenters. The van der Waals surface area contributed by atoms with Crippen LogP contribution in [0, 0.1) is 11.8 Å². The molecule has 2 atom stereocenters. The molecular weight excluding hydrogens is 678 g/mol. The van der Waals surface area contributed by atoms with Crippen molar-refractivity contribution >= 4 is 52.6 Å². The van der Waals surface area contributed by atoms with Crippen molar-refractivity contribution < 1.29 is 28.4 Å². The summed E-state index contributed by atoms with van der Waals surface area (Å²) in [6.45, 7) is 5.03. The molecule has 0 aromatic heterocycles. The smallest absolute Gasteiger partial charge is 0.325 e. The van der Waals surface area contributed by atoms with Crippen LogP contribution in [0.1, 0.15) is 83.3 Å². The van der Waals surface area contributed by atoms with E-state index in [1.807, 2.05) is 72.8 Å². The molecule has 0 spiro atoms. The zero-order valence-corrected chi connectivity index (χ0v) is 30.5. The molecule has 0 saturated heterocycles. The monoisotopic (exact) mass is 721 g/mol. The van der Waals surface area contributed by atoms with Gasteiger partial charge in [-0.1, -0.05) is 88.7 Å². The largest absolute Gasteiger partial charge is 0.355 e. The van der Waals surface area contributed by atoms with E-state index in [1.165, 1.54) is 6.66 Å². The molecule has 9 nitrogen and oxygen atoms in total. The molecule has 3 amide bonds. The second-order valence-electron chi connectivity index (χ2n) is 11.7. The Kier molecular flexibility index (Phi) is 15.3. The SMILES string of the molecule is CC(SSCCNC(=O)CCC(=O)N1Cc2ccccc2C#Cc2ccccc21)c1ccc(C(=O)NCCCCCCOP(C)(=O)O)cc1. The van der Waals surface area contributed by atoms with Crippen molar-refractivity contribution in [3.8, 4) is 11.8 Å². The Labute approximate surface area is 297 Å². The maximum Gasteiger partial charge on any atom is 0.325 e. The Balaban J connectivity index is 1.10. The van der Waals surface area contributed by atoms with E-state index in [0.717, 1.165) is 53.0 Å². The van der Waals surface area contributed by atoms with Crippen molar-refractivity contribution in [1.29, 1.82) is 0 Å². The first-order valence-electron chi connectivity index (χ1n) is 16.5. The third-order valence-electron chi connectivity index (χ3n) is 7.79. The molecule has 0 radical (unpaired) electrons. The fourth-order valence-corrected chi connectivity index (χ4v) is 7.82. The van der Waals surface area contributed by atoms with Crippen LogP contribution in [0.15, 0.2) is 72.8 Å². The van der Waals surface area contributed by atoms with Gasteiger partial charge in [-0.2, -0.15) is 0 Å². The van der Waals surface area contributed by atoms with Gasteiger partial charge in [0.25, 0.3) is 5.91 Å². The van der Waals surface area contributed by atoms with Crippen molar-refractivity contribution in [3.05, 3.63) is 101 Å². The first kappa shape index (κ1) is 38.3. The van der Waals surface area contributed by atoms with Crippen LogP contribution in [0.5, 0.6) is 0 Å². The molecule has 0 saturated carbocycles. The Morgan fingerprint density at radius 3 is 2.37 bits per heavy atom. The van der Waals surface area contributed by atoms with Crippen LogP contribution in [0.25, 0.3) is 0 Å². The predicted octanol–water partition coefficient (Wildman–Crippen LogP) is 7.09. The van der Waals surface area contributed by atoms with Crippen LogP contribution in [0.3, 0.4) is 0 Å². The molecule has 3 N–H and O–H groups in total. The molecule has 12 heteroatoms. The molecular formula is C37H44N3O6PS2. The molecule has 260 valence electrons. The maximum atomic E-state index is 13.4. The van der Waals surface area contributed by atoms with E-state index in [4.69, 9.17) is 9.42 Å². The van der Waals surface area contributed by atoms with Crippen molar-refractivity contribution in [2.24, 2.45) is 0 Å². The van der Waals surface area contributed by atoms with Gasteiger partial charge in [0.2, 0.25) is 11.8 Å². The number of benzene rings is 3. The topological polar surface area (TPSA) is 125 Å². The highest BCUT2D eigenvalue weighted by molar-refractivity contribution is 8.76. The third-order valence-corrected chi connectivity index (χ3v) is 11.3. The normalized spacial score (nSPS) is 13.7. The zero-order valence-electron chi connectivity index (χ0n) is 28.0. The molecule has 1 aliphatic rings. The minimum atomic E-state index is -3.40. The number of hydrogen-bond donors (Lipinski definition) is 3. The van der Waals surface area contributed by atoms with Gasteiger partial charge in [-0.3, -0.25) is 18.9 Å². The number of carbonyl (C=O) groups excluding carboxylic acids is 3. The van der Waals surface area contributed by atoms with Gasteiger partial charge in [0, 0.05) is 60.3 Å². The van der Waals surface area contributed by atoms with Crippen molar-refractivity contribution in [2.45, 2.75) is 57.2 Å². The minimum Gasteiger partial charge on any atom is -0.355 e. The Morgan fingerprint density at radius 1 is 0.898 bits per heavy atom. The summed E-state index contributed by atoms with van der Waals surface area (Å²) in [5.74, 6) is 6.76. The predicted molar refractivity (Wildman–Crippen MR) is 200 cm³/mol. The van der Waals surface area contributed by atoms with Crippen molar-refractivity contribution in [3.63, 3.8) is 0 Å². The van der Waals surface area contributed by atoms with Crippen molar-refractivity contribution in [2.75, 3.05) is 37.0 Å². The van der Waals surface area contributed by atoms with Gasteiger partial charge in [0.1, 0.15) is 0 Å². The van der Waals surface area contributed by atoms with Crippen LogP contribution in [0.4, 0.5) is 5.69 Å². The number of fused-ring (bicyclic) bond motifs is 2. The Morgan fingerprint density at radius 2 is 1.59 bits per heavy atom. The van der Waals surface area contributed by atoms with Gasteiger partial charge in [0.05, 0.1) is 18.8 Å². The van der Waals surface area contributed by atoms with Gasteiger partial charge in [-0.15, -0.1) is 0 Å². The molecule has 0 bridgehead atoms. The minimum absolute atomic E-state index is 0.107. The number of carbonyl (C=O) groups is 3. The highest BCUT2D eigenvalue weighted by Gasteiger charge is 2.22. The number of amides is 3. The second kappa shape index (κ2) is 19.6. The lowest BCUT2D eigenvalue weighted by molar-refractivity contribution is -0.125.